The Kier molecular flexibility index (Phi) is 7.61. The zero-order valence-electron chi connectivity index (χ0n) is 17.2. The van der Waals surface area contributed by atoms with Gasteiger partial charge in [0.25, 0.3) is 0 Å². The Bertz CT molecular complexity index is 930. The van der Waals surface area contributed by atoms with Gasteiger partial charge in [0.15, 0.2) is 0 Å². The van der Waals surface area contributed by atoms with Crippen LogP contribution in [-0.2, 0) is 22.7 Å². The van der Waals surface area contributed by atoms with Crippen molar-refractivity contribution in [1.29, 1.82) is 0 Å². The molecule has 0 aliphatic carbocycles. The van der Waals surface area contributed by atoms with Gasteiger partial charge in [-0.25, -0.2) is 0 Å². The van der Waals surface area contributed by atoms with E-state index in [-0.39, 0.29) is 18.2 Å². The number of hydrogen-bond donors (Lipinski definition) is 1. The zero-order chi connectivity index (χ0) is 21.2. The molecule has 5 heteroatoms. The van der Waals surface area contributed by atoms with Crippen LogP contribution in [0.2, 0.25) is 0 Å². The molecule has 3 aromatic rings. The SMILES string of the molecule is CC(=O)N(CCC(=O)NN(Cc1ccccc1)c1ccccc1)Cc1ccccc1. The summed E-state index contributed by atoms with van der Waals surface area (Å²) >= 11 is 0. The molecule has 0 unspecified atom stereocenters. The first kappa shape index (κ1) is 21.1. The minimum absolute atomic E-state index is 0.0455. The molecular weight excluding hydrogens is 374 g/mol. The highest BCUT2D eigenvalue weighted by molar-refractivity contribution is 5.79. The number of hydrogen-bond acceptors (Lipinski definition) is 3. The number of benzene rings is 3. The Balaban J connectivity index is 1.62. The van der Waals surface area contributed by atoms with Gasteiger partial charge >= 0.3 is 0 Å². The first-order valence-electron chi connectivity index (χ1n) is 10.1. The van der Waals surface area contributed by atoms with Crippen LogP contribution in [0.1, 0.15) is 24.5 Å². The van der Waals surface area contributed by atoms with E-state index in [1.165, 1.54) is 6.92 Å². The fraction of sp³-hybridized carbons (Fsp3) is 0.200. The summed E-state index contributed by atoms with van der Waals surface area (Å²) in [6, 6.07) is 29.5. The molecule has 0 saturated heterocycles. The van der Waals surface area contributed by atoms with Gasteiger partial charge < -0.3 is 4.90 Å². The van der Waals surface area contributed by atoms with Crippen LogP contribution in [0.25, 0.3) is 0 Å². The highest BCUT2D eigenvalue weighted by Crippen LogP contribution is 2.15. The molecule has 3 rings (SSSR count). The number of carbonyl (C=O) groups is 2. The molecule has 0 bridgehead atoms. The number of para-hydroxylation sites is 1. The number of rotatable bonds is 9. The van der Waals surface area contributed by atoms with E-state index in [9.17, 15) is 9.59 Å². The summed E-state index contributed by atoms with van der Waals surface area (Å²) in [6.07, 6.45) is 0.227. The van der Waals surface area contributed by atoms with Crippen LogP contribution in [0, 0.1) is 0 Å². The van der Waals surface area contributed by atoms with Crippen molar-refractivity contribution in [3.05, 3.63) is 102 Å². The molecule has 0 atom stereocenters. The third-order valence-electron chi connectivity index (χ3n) is 4.78. The summed E-state index contributed by atoms with van der Waals surface area (Å²) < 4.78 is 0. The molecule has 5 nitrogen and oxygen atoms in total. The Morgan fingerprint density at radius 2 is 1.23 bits per heavy atom. The maximum absolute atomic E-state index is 12.7. The van der Waals surface area contributed by atoms with E-state index in [0.717, 1.165) is 16.8 Å². The lowest BCUT2D eigenvalue weighted by molar-refractivity contribution is -0.130. The van der Waals surface area contributed by atoms with Gasteiger partial charge in [0.1, 0.15) is 0 Å². The number of carbonyl (C=O) groups excluding carboxylic acids is 2. The number of anilines is 1. The van der Waals surface area contributed by atoms with E-state index in [0.29, 0.717) is 19.6 Å². The molecule has 154 valence electrons. The van der Waals surface area contributed by atoms with E-state index in [1.54, 1.807) is 4.90 Å². The van der Waals surface area contributed by atoms with Gasteiger partial charge in [0.05, 0.1) is 12.2 Å². The summed E-state index contributed by atoms with van der Waals surface area (Å²) in [5, 5.41) is 1.84. The van der Waals surface area contributed by atoms with Gasteiger partial charge in [-0.2, -0.15) is 0 Å². The fourth-order valence-electron chi connectivity index (χ4n) is 3.16. The summed E-state index contributed by atoms with van der Waals surface area (Å²) in [6.45, 7) is 2.95. The maximum Gasteiger partial charge on any atom is 0.240 e. The molecule has 0 saturated carbocycles. The molecule has 0 spiro atoms. The van der Waals surface area contributed by atoms with E-state index >= 15 is 0 Å². The van der Waals surface area contributed by atoms with Gasteiger partial charge in [0.2, 0.25) is 11.8 Å². The van der Waals surface area contributed by atoms with Gasteiger partial charge in [0, 0.05) is 26.4 Å². The van der Waals surface area contributed by atoms with Gasteiger partial charge in [-0.15, -0.1) is 0 Å². The van der Waals surface area contributed by atoms with E-state index in [2.05, 4.69) is 5.43 Å². The average Bonchev–Trinajstić information content (AvgIpc) is 2.78. The summed E-state index contributed by atoms with van der Waals surface area (Å²) in [5.41, 5.74) is 6.04. The molecule has 2 amide bonds. The van der Waals surface area contributed by atoms with Gasteiger partial charge in [-0.1, -0.05) is 78.9 Å². The zero-order valence-corrected chi connectivity index (χ0v) is 17.2. The second kappa shape index (κ2) is 10.8. The van der Waals surface area contributed by atoms with E-state index in [4.69, 9.17) is 0 Å². The van der Waals surface area contributed by atoms with Gasteiger partial charge in [-0.05, 0) is 23.3 Å². The van der Waals surface area contributed by atoms with Crippen molar-refractivity contribution in [3.8, 4) is 0 Å². The van der Waals surface area contributed by atoms with Crippen molar-refractivity contribution in [2.75, 3.05) is 11.6 Å². The standard InChI is InChI=1S/C25H27N3O2/c1-21(29)27(19-22-11-5-2-6-12-22)18-17-25(30)26-28(24-15-9-4-10-16-24)20-23-13-7-3-8-14-23/h2-16H,17-20H2,1H3,(H,26,30). The highest BCUT2D eigenvalue weighted by Gasteiger charge is 2.15. The molecule has 0 heterocycles. The van der Waals surface area contributed by atoms with Crippen molar-refractivity contribution in [2.24, 2.45) is 0 Å². The minimum Gasteiger partial charge on any atom is -0.338 e. The highest BCUT2D eigenvalue weighted by atomic mass is 16.2. The van der Waals surface area contributed by atoms with Crippen LogP contribution in [0.4, 0.5) is 5.69 Å². The minimum atomic E-state index is -0.130. The number of hydrazine groups is 1. The lowest BCUT2D eigenvalue weighted by atomic mass is 10.2. The Hall–Kier alpha value is -3.60. The second-order valence-electron chi connectivity index (χ2n) is 7.12. The summed E-state index contributed by atoms with van der Waals surface area (Å²) in [5.74, 6) is -0.176. The second-order valence-corrected chi connectivity index (χ2v) is 7.12. The van der Waals surface area contributed by atoms with E-state index < -0.39 is 0 Å². The van der Waals surface area contributed by atoms with Crippen LogP contribution in [0.3, 0.4) is 0 Å². The monoisotopic (exact) mass is 401 g/mol. The molecule has 0 radical (unpaired) electrons. The fourth-order valence-corrected chi connectivity index (χ4v) is 3.16. The maximum atomic E-state index is 12.7. The largest absolute Gasteiger partial charge is 0.338 e. The van der Waals surface area contributed by atoms with Crippen LogP contribution in [0.5, 0.6) is 0 Å². The summed E-state index contributed by atoms with van der Waals surface area (Å²) in [4.78, 5) is 26.4. The topological polar surface area (TPSA) is 52.7 Å². The van der Waals surface area contributed by atoms with Gasteiger partial charge in [-0.3, -0.25) is 20.0 Å². The average molecular weight is 402 g/mol. The number of amides is 2. The van der Waals surface area contributed by atoms with Crippen LogP contribution in [-0.4, -0.2) is 23.3 Å². The lowest BCUT2D eigenvalue weighted by Gasteiger charge is -2.27. The van der Waals surface area contributed by atoms with Crippen LogP contribution < -0.4 is 10.4 Å². The molecule has 0 fully saturated rings. The Morgan fingerprint density at radius 1 is 0.733 bits per heavy atom. The normalized spacial score (nSPS) is 10.3. The quantitative estimate of drug-likeness (QED) is 0.548. The van der Waals surface area contributed by atoms with E-state index in [1.807, 2.05) is 96.0 Å². The molecule has 0 aliphatic rings. The van der Waals surface area contributed by atoms with Crippen molar-refractivity contribution in [1.82, 2.24) is 10.3 Å². The molecule has 1 N–H and O–H groups in total. The third-order valence-corrected chi connectivity index (χ3v) is 4.78. The van der Waals surface area contributed by atoms with Crippen LogP contribution in [0.15, 0.2) is 91.0 Å². The molecule has 0 aromatic heterocycles. The third kappa shape index (κ3) is 6.48. The Labute approximate surface area is 177 Å². The Morgan fingerprint density at radius 3 is 1.77 bits per heavy atom. The lowest BCUT2D eigenvalue weighted by Crippen LogP contribution is -2.43. The van der Waals surface area contributed by atoms with Crippen molar-refractivity contribution < 1.29 is 9.59 Å². The predicted octanol–water partition coefficient (Wildman–Crippen LogP) is 4.16. The molecular formula is C25H27N3O2. The van der Waals surface area contributed by atoms with Crippen molar-refractivity contribution in [3.63, 3.8) is 0 Å². The van der Waals surface area contributed by atoms with Crippen molar-refractivity contribution >= 4 is 17.5 Å². The first-order chi connectivity index (χ1) is 14.6. The number of nitrogens with zero attached hydrogens (tertiary/aromatic N) is 2. The summed E-state index contributed by atoms with van der Waals surface area (Å²) in [7, 11) is 0. The molecule has 30 heavy (non-hydrogen) atoms. The van der Waals surface area contributed by atoms with Crippen LogP contribution >= 0.6 is 0 Å². The number of nitrogens with one attached hydrogen (secondary N) is 1. The molecule has 3 aromatic carbocycles. The molecule has 0 aliphatic heterocycles. The smallest absolute Gasteiger partial charge is 0.240 e. The predicted molar refractivity (Wildman–Crippen MR) is 119 cm³/mol. The first-order valence-corrected chi connectivity index (χ1v) is 10.1. The van der Waals surface area contributed by atoms with Crippen molar-refractivity contribution in [2.45, 2.75) is 26.4 Å².